The highest BCUT2D eigenvalue weighted by Gasteiger charge is 2.07. The number of fused-ring (bicyclic) bond motifs is 1. The maximum absolute atomic E-state index is 11.7. The number of hydrogen-bond donors (Lipinski definition) is 2. The van der Waals surface area contributed by atoms with Crippen LogP contribution in [0.1, 0.15) is 6.42 Å². The van der Waals surface area contributed by atoms with E-state index in [1.165, 1.54) is 0 Å². The van der Waals surface area contributed by atoms with Crippen molar-refractivity contribution in [1.82, 2.24) is 9.13 Å². The lowest BCUT2D eigenvalue weighted by atomic mass is 10.2. The molecule has 0 atom stereocenters. The van der Waals surface area contributed by atoms with Crippen LogP contribution in [0.2, 0.25) is 0 Å². The Morgan fingerprint density at radius 2 is 1.94 bits per heavy atom. The first-order valence-corrected chi connectivity index (χ1v) is 5.74. The Kier molecular flexibility index (Phi) is 3.19. The first-order valence-electron chi connectivity index (χ1n) is 5.74. The van der Waals surface area contributed by atoms with Crippen molar-refractivity contribution in [1.29, 1.82) is 0 Å². The molecular formula is C12H18N4O. The Hall–Kier alpha value is -1.75. The summed E-state index contributed by atoms with van der Waals surface area (Å²) in [7, 11) is 3.57. The fourth-order valence-electron chi connectivity index (χ4n) is 1.95. The number of aromatic nitrogens is 2. The summed E-state index contributed by atoms with van der Waals surface area (Å²) in [5.41, 5.74) is 8.35. The normalized spacial score (nSPS) is 11.0. The molecule has 92 valence electrons. The van der Waals surface area contributed by atoms with Gasteiger partial charge < -0.3 is 11.1 Å². The Labute approximate surface area is 99.8 Å². The lowest BCUT2D eigenvalue weighted by Gasteiger charge is -2.05. The van der Waals surface area contributed by atoms with Gasteiger partial charge in [0.15, 0.2) is 0 Å². The average Bonchev–Trinajstić information content (AvgIpc) is 2.55. The molecule has 3 N–H and O–H groups in total. The van der Waals surface area contributed by atoms with Crippen molar-refractivity contribution in [2.24, 2.45) is 19.8 Å². The van der Waals surface area contributed by atoms with Gasteiger partial charge in [-0.1, -0.05) is 0 Å². The van der Waals surface area contributed by atoms with Crippen molar-refractivity contribution in [3.05, 3.63) is 28.7 Å². The van der Waals surface area contributed by atoms with Crippen LogP contribution in [-0.2, 0) is 14.1 Å². The molecule has 0 radical (unpaired) electrons. The zero-order valence-corrected chi connectivity index (χ0v) is 10.2. The van der Waals surface area contributed by atoms with Crippen LogP contribution >= 0.6 is 0 Å². The summed E-state index contributed by atoms with van der Waals surface area (Å²) in [5.74, 6) is 0. The van der Waals surface area contributed by atoms with Crippen molar-refractivity contribution in [3.8, 4) is 0 Å². The van der Waals surface area contributed by atoms with Gasteiger partial charge >= 0.3 is 5.69 Å². The second-order valence-corrected chi connectivity index (χ2v) is 4.17. The molecule has 0 aliphatic rings. The van der Waals surface area contributed by atoms with Crippen LogP contribution < -0.4 is 16.7 Å². The van der Waals surface area contributed by atoms with E-state index in [4.69, 9.17) is 5.73 Å². The van der Waals surface area contributed by atoms with Crippen LogP contribution in [0.15, 0.2) is 23.0 Å². The van der Waals surface area contributed by atoms with Crippen molar-refractivity contribution in [2.45, 2.75) is 6.42 Å². The van der Waals surface area contributed by atoms with E-state index in [1.807, 2.05) is 18.2 Å². The Morgan fingerprint density at radius 1 is 1.24 bits per heavy atom. The number of aryl methyl sites for hydroxylation is 2. The number of nitrogens with zero attached hydrogens (tertiary/aromatic N) is 2. The molecule has 0 unspecified atom stereocenters. The van der Waals surface area contributed by atoms with E-state index in [1.54, 1.807) is 23.2 Å². The molecule has 1 aromatic carbocycles. The largest absolute Gasteiger partial charge is 0.385 e. The molecule has 0 fully saturated rings. The van der Waals surface area contributed by atoms with E-state index < -0.39 is 0 Å². The summed E-state index contributed by atoms with van der Waals surface area (Å²) < 4.78 is 3.31. The molecule has 0 saturated carbocycles. The lowest BCUT2D eigenvalue weighted by Crippen LogP contribution is -2.19. The monoisotopic (exact) mass is 234 g/mol. The van der Waals surface area contributed by atoms with Gasteiger partial charge in [0.05, 0.1) is 11.0 Å². The van der Waals surface area contributed by atoms with Gasteiger partial charge in [-0.15, -0.1) is 0 Å². The molecule has 1 heterocycles. The van der Waals surface area contributed by atoms with E-state index in [0.717, 1.165) is 29.7 Å². The summed E-state index contributed by atoms with van der Waals surface area (Å²) in [4.78, 5) is 11.7. The van der Waals surface area contributed by atoms with Gasteiger partial charge in [-0.2, -0.15) is 0 Å². The summed E-state index contributed by atoms with van der Waals surface area (Å²) >= 11 is 0. The van der Waals surface area contributed by atoms with Crippen LogP contribution in [0.4, 0.5) is 5.69 Å². The second kappa shape index (κ2) is 4.63. The van der Waals surface area contributed by atoms with Gasteiger partial charge in [-0.25, -0.2) is 4.79 Å². The van der Waals surface area contributed by atoms with Crippen molar-refractivity contribution < 1.29 is 0 Å². The molecule has 0 aliphatic carbocycles. The molecule has 5 heteroatoms. The molecule has 0 spiro atoms. The topological polar surface area (TPSA) is 65.0 Å². The molecule has 0 bridgehead atoms. The predicted molar refractivity (Wildman–Crippen MR) is 70.3 cm³/mol. The minimum absolute atomic E-state index is 0.000826. The van der Waals surface area contributed by atoms with Gasteiger partial charge in [0.1, 0.15) is 0 Å². The van der Waals surface area contributed by atoms with Crippen molar-refractivity contribution in [2.75, 3.05) is 18.4 Å². The quantitative estimate of drug-likeness (QED) is 0.763. The van der Waals surface area contributed by atoms with Crippen LogP contribution in [0, 0.1) is 0 Å². The lowest BCUT2D eigenvalue weighted by molar-refractivity contribution is 0.795. The first-order chi connectivity index (χ1) is 8.15. The summed E-state index contributed by atoms with van der Waals surface area (Å²) in [6.07, 6.45) is 0.936. The molecular weight excluding hydrogens is 216 g/mol. The Morgan fingerprint density at radius 3 is 2.65 bits per heavy atom. The van der Waals surface area contributed by atoms with Crippen molar-refractivity contribution in [3.63, 3.8) is 0 Å². The average molecular weight is 234 g/mol. The minimum Gasteiger partial charge on any atom is -0.385 e. The zero-order valence-electron chi connectivity index (χ0n) is 10.2. The van der Waals surface area contributed by atoms with E-state index >= 15 is 0 Å². The highest BCUT2D eigenvalue weighted by molar-refractivity contribution is 5.80. The molecule has 5 nitrogen and oxygen atoms in total. The number of hydrogen-bond acceptors (Lipinski definition) is 3. The molecule has 0 saturated heterocycles. The number of anilines is 1. The third-order valence-electron chi connectivity index (χ3n) is 2.98. The Bertz CT molecular complexity index is 582. The van der Waals surface area contributed by atoms with Gasteiger partial charge in [0.25, 0.3) is 0 Å². The minimum atomic E-state index is -0.000826. The second-order valence-electron chi connectivity index (χ2n) is 4.17. The van der Waals surface area contributed by atoms with Crippen molar-refractivity contribution >= 4 is 16.7 Å². The SMILES string of the molecule is Cn1c(=O)n(C)c2cc(NCCCN)ccc21. The predicted octanol–water partition coefficient (Wildman–Crippen LogP) is 0.638. The fourth-order valence-corrected chi connectivity index (χ4v) is 1.95. The fraction of sp³-hybridized carbons (Fsp3) is 0.417. The maximum atomic E-state index is 11.7. The van der Waals surface area contributed by atoms with Gasteiger partial charge in [-0.3, -0.25) is 9.13 Å². The smallest absolute Gasteiger partial charge is 0.328 e. The molecule has 0 aliphatic heterocycles. The number of nitrogens with one attached hydrogen (secondary N) is 1. The van der Waals surface area contributed by atoms with E-state index in [9.17, 15) is 4.79 Å². The van der Waals surface area contributed by atoms with E-state index in [2.05, 4.69) is 5.32 Å². The van der Waals surface area contributed by atoms with Crippen LogP contribution in [0.5, 0.6) is 0 Å². The number of benzene rings is 1. The van der Waals surface area contributed by atoms with Crippen LogP contribution in [0.3, 0.4) is 0 Å². The molecule has 2 aromatic rings. The molecule has 1 aromatic heterocycles. The number of rotatable bonds is 4. The highest BCUT2D eigenvalue weighted by atomic mass is 16.1. The number of imidazole rings is 1. The van der Waals surface area contributed by atoms with Gasteiger partial charge in [0, 0.05) is 26.3 Å². The summed E-state index contributed by atoms with van der Waals surface area (Å²) in [5, 5.41) is 3.29. The van der Waals surface area contributed by atoms with E-state index in [0.29, 0.717) is 6.54 Å². The standard InChI is InChI=1S/C12H18N4O/c1-15-10-5-4-9(14-7-3-6-13)8-11(10)16(2)12(15)17/h4-5,8,14H,3,6-7,13H2,1-2H3. The summed E-state index contributed by atoms with van der Waals surface area (Å²) in [6.45, 7) is 1.53. The highest BCUT2D eigenvalue weighted by Crippen LogP contribution is 2.17. The van der Waals surface area contributed by atoms with Gasteiger partial charge in [0.2, 0.25) is 0 Å². The zero-order chi connectivity index (χ0) is 12.4. The first kappa shape index (κ1) is 11.7. The number of nitrogens with two attached hydrogens (primary N) is 1. The van der Waals surface area contributed by atoms with Gasteiger partial charge in [-0.05, 0) is 31.2 Å². The van der Waals surface area contributed by atoms with E-state index in [-0.39, 0.29) is 5.69 Å². The third-order valence-corrected chi connectivity index (χ3v) is 2.98. The molecule has 0 amide bonds. The van der Waals surface area contributed by atoms with Crippen LogP contribution in [-0.4, -0.2) is 22.2 Å². The van der Waals surface area contributed by atoms with Crippen LogP contribution in [0.25, 0.3) is 11.0 Å². The molecule has 17 heavy (non-hydrogen) atoms. The maximum Gasteiger partial charge on any atom is 0.328 e. The summed E-state index contributed by atoms with van der Waals surface area (Å²) in [6, 6.07) is 5.94. The molecule has 2 rings (SSSR count). The Balaban J connectivity index is 2.37. The third kappa shape index (κ3) is 2.06.